The van der Waals surface area contributed by atoms with E-state index in [0.29, 0.717) is 5.02 Å². The molecule has 0 atom stereocenters. The molecule has 2 heterocycles. The van der Waals surface area contributed by atoms with E-state index in [2.05, 4.69) is 4.98 Å². The number of hydrogen-bond donors (Lipinski definition) is 0. The molecule has 1 aromatic heterocycles. The standard InChI is InChI=1S/C19H18ClN3S/c1-11(2)17-19(24-4)22-16-9-12(3)21-10-14(16)18(23-17)13-7-5-6-8-15(13)20/h5-10H,1-4H3. The highest BCUT2D eigenvalue weighted by molar-refractivity contribution is 8.13. The molecule has 2 aromatic rings. The first-order valence-corrected chi connectivity index (χ1v) is 9.22. The summed E-state index contributed by atoms with van der Waals surface area (Å²) in [5.41, 5.74) is 6.42. The van der Waals surface area contributed by atoms with Gasteiger partial charge in [0.1, 0.15) is 5.04 Å². The van der Waals surface area contributed by atoms with Gasteiger partial charge in [-0.15, -0.1) is 11.8 Å². The number of fused-ring (bicyclic) bond motifs is 1. The van der Waals surface area contributed by atoms with Gasteiger partial charge in [-0.05, 0) is 44.7 Å². The number of allylic oxidation sites excluding steroid dienone is 1. The lowest BCUT2D eigenvalue weighted by molar-refractivity contribution is 1.19. The lowest BCUT2D eigenvalue weighted by Crippen LogP contribution is -2.06. The third-order valence-corrected chi connectivity index (χ3v) is 4.72. The second-order valence-electron chi connectivity index (χ2n) is 5.75. The van der Waals surface area contributed by atoms with Gasteiger partial charge in [0.2, 0.25) is 0 Å². The summed E-state index contributed by atoms with van der Waals surface area (Å²) in [5.74, 6) is 0. The van der Waals surface area contributed by atoms with E-state index in [1.165, 1.54) is 0 Å². The first-order valence-electron chi connectivity index (χ1n) is 7.62. The van der Waals surface area contributed by atoms with Crippen molar-refractivity contribution in [1.82, 2.24) is 4.98 Å². The van der Waals surface area contributed by atoms with Crippen molar-refractivity contribution in [2.75, 3.05) is 6.26 Å². The van der Waals surface area contributed by atoms with Crippen LogP contribution in [0.3, 0.4) is 0 Å². The molecule has 1 aliphatic rings. The van der Waals surface area contributed by atoms with Crippen molar-refractivity contribution in [3.8, 4) is 0 Å². The number of aryl methyl sites for hydroxylation is 1. The average Bonchev–Trinajstić information content (AvgIpc) is 2.71. The number of halogens is 1. The highest BCUT2D eigenvalue weighted by atomic mass is 35.5. The zero-order chi connectivity index (χ0) is 17.3. The Hall–Kier alpha value is -1.91. The molecule has 0 bridgehead atoms. The molecule has 0 aliphatic carbocycles. The molecule has 3 nitrogen and oxygen atoms in total. The van der Waals surface area contributed by atoms with Crippen molar-refractivity contribution in [1.29, 1.82) is 0 Å². The second-order valence-corrected chi connectivity index (χ2v) is 6.95. The van der Waals surface area contributed by atoms with Crippen molar-refractivity contribution >= 4 is 39.8 Å². The van der Waals surface area contributed by atoms with Gasteiger partial charge in [-0.1, -0.05) is 29.8 Å². The zero-order valence-electron chi connectivity index (χ0n) is 14.1. The molecule has 0 saturated carbocycles. The molecule has 3 rings (SSSR count). The summed E-state index contributed by atoms with van der Waals surface area (Å²) in [7, 11) is 0. The minimum atomic E-state index is 0.670. The maximum Gasteiger partial charge on any atom is 0.122 e. The van der Waals surface area contributed by atoms with Crippen LogP contribution < -0.4 is 0 Å². The van der Waals surface area contributed by atoms with Crippen LogP contribution in [-0.4, -0.2) is 22.0 Å². The molecule has 0 radical (unpaired) electrons. The van der Waals surface area contributed by atoms with Crippen LogP contribution in [0.5, 0.6) is 0 Å². The number of hydrogen-bond acceptors (Lipinski definition) is 4. The number of nitrogens with zero attached hydrogens (tertiary/aromatic N) is 3. The Balaban J connectivity index is 2.36. The lowest BCUT2D eigenvalue weighted by Gasteiger charge is -2.10. The number of benzene rings is 1. The van der Waals surface area contributed by atoms with Crippen molar-refractivity contribution in [3.05, 3.63) is 69.6 Å². The molecular weight excluding hydrogens is 338 g/mol. The van der Waals surface area contributed by atoms with Crippen molar-refractivity contribution in [3.63, 3.8) is 0 Å². The SMILES string of the molecule is CSC1=Nc2cc(C)ncc2C(c2ccccc2Cl)=NC1=C(C)C. The molecule has 0 N–H and O–H groups in total. The predicted octanol–water partition coefficient (Wildman–Crippen LogP) is 5.58. The smallest absolute Gasteiger partial charge is 0.122 e. The quantitative estimate of drug-likeness (QED) is 0.669. The van der Waals surface area contributed by atoms with Crippen LogP contribution in [0, 0.1) is 6.92 Å². The van der Waals surface area contributed by atoms with E-state index >= 15 is 0 Å². The lowest BCUT2D eigenvalue weighted by atomic mass is 10.0. The summed E-state index contributed by atoms with van der Waals surface area (Å²) in [5, 5.41) is 1.58. The van der Waals surface area contributed by atoms with Crippen molar-refractivity contribution < 1.29 is 0 Å². The van der Waals surface area contributed by atoms with Gasteiger partial charge in [-0.2, -0.15) is 0 Å². The van der Waals surface area contributed by atoms with E-state index in [-0.39, 0.29) is 0 Å². The van der Waals surface area contributed by atoms with E-state index in [1.807, 2.05) is 63.6 Å². The fraction of sp³-hybridized carbons (Fsp3) is 0.211. The van der Waals surface area contributed by atoms with Gasteiger partial charge in [0.05, 0.1) is 17.1 Å². The molecule has 0 amide bonds. The summed E-state index contributed by atoms with van der Waals surface area (Å²) >= 11 is 8.04. The van der Waals surface area contributed by atoms with E-state index in [1.54, 1.807) is 11.8 Å². The van der Waals surface area contributed by atoms with Crippen LogP contribution in [0.4, 0.5) is 5.69 Å². The number of aliphatic imine (C=N–C) groups is 2. The molecule has 0 fully saturated rings. The van der Waals surface area contributed by atoms with E-state index in [9.17, 15) is 0 Å². The fourth-order valence-corrected chi connectivity index (χ4v) is 3.39. The highest BCUT2D eigenvalue weighted by Gasteiger charge is 2.21. The fourth-order valence-electron chi connectivity index (χ4n) is 2.53. The van der Waals surface area contributed by atoms with Crippen LogP contribution in [0.2, 0.25) is 5.02 Å². The van der Waals surface area contributed by atoms with Gasteiger partial charge >= 0.3 is 0 Å². The Morgan fingerprint density at radius 3 is 2.50 bits per heavy atom. The molecule has 5 heteroatoms. The summed E-state index contributed by atoms with van der Waals surface area (Å²) in [6.07, 6.45) is 3.85. The zero-order valence-corrected chi connectivity index (χ0v) is 15.7. The minimum Gasteiger partial charge on any atom is -0.261 e. The van der Waals surface area contributed by atoms with Gasteiger partial charge in [-0.3, -0.25) is 4.98 Å². The molecule has 0 spiro atoms. The van der Waals surface area contributed by atoms with Crippen LogP contribution in [0.1, 0.15) is 30.7 Å². The normalized spacial score (nSPS) is 13.8. The Morgan fingerprint density at radius 1 is 1.08 bits per heavy atom. The maximum atomic E-state index is 6.45. The largest absolute Gasteiger partial charge is 0.261 e. The molecule has 0 saturated heterocycles. The summed E-state index contributed by atoms with van der Waals surface area (Å²) in [6, 6.07) is 9.74. The monoisotopic (exact) mass is 355 g/mol. The number of pyridine rings is 1. The number of thioether (sulfide) groups is 1. The minimum absolute atomic E-state index is 0.670. The first kappa shape index (κ1) is 16.9. The second kappa shape index (κ2) is 6.91. The van der Waals surface area contributed by atoms with Gasteiger partial charge < -0.3 is 0 Å². The Kier molecular flexibility index (Phi) is 4.88. The topological polar surface area (TPSA) is 37.6 Å². The maximum absolute atomic E-state index is 6.45. The molecule has 122 valence electrons. The summed E-state index contributed by atoms with van der Waals surface area (Å²) < 4.78 is 0. The Labute approximate surface area is 151 Å². The molecule has 24 heavy (non-hydrogen) atoms. The summed E-state index contributed by atoms with van der Waals surface area (Å²) in [6.45, 7) is 6.07. The van der Waals surface area contributed by atoms with E-state index in [4.69, 9.17) is 21.6 Å². The Morgan fingerprint density at radius 2 is 1.83 bits per heavy atom. The molecular formula is C19H18ClN3S. The van der Waals surface area contributed by atoms with Crippen LogP contribution in [0.25, 0.3) is 0 Å². The van der Waals surface area contributed by atoms with Gasteiger partial charge in [-0.25, -0.2) is 9.98 Å². The van der Waals surface area contributed by atoms with Gasteiger partial charge in [0, 0.05) is 28.0 Å². The van der Waals surface area contributed by atoms with Gasteiger partial charge in [0.25, 0.3) is 0 Å². The third kappa shape index (κ3) is 3.17. The third-order valence-electron chi connectivity index (χ3n) is 3.72. The van der Waals surface area contributed by atoms with Crippen LogP contribution in [-0.2, 0) is 0 Å². The molecule has 0 unspecified atom stereocenters. The van der Waals surface area contributed by atoms with E-state index < -0.39 is 0 Å². The first-order chi connectivity index (χ1) is 11.5. The molecule has 1 aliphatic heterocycles. The number of rotatable bonds is 1. The predicted molar refractivity (Wildman–Crippen MR) is 105 cm³/mol. The number of aromatic nitrogens is 1. The Bertz CT molecular complexity index is 893. The summed E-state index contributed by atoms with van der Waals surface area (Å²) in [4.78, 5) is 14.2. The van der Waals surface area contributed by atoms with Gasteiger partial charge in [0.15, 0.2) is 0 Å². The molecule has 1 aromatic carbocycles. The highest BCUT2D eigenvalue weighted by Crippen LogP contribution is 2.33. The van der Waals surface area contributed by atoms with Crippen molar-refractivity contribution in [2.45, 2.75) is 20.8 Å². The van der Waals surface area contributed by atoms with E-state index in [0.717, 1.165) is 44.5 Å². The van der Waals surface area contributed by atoms with Crippen molar-refractivity contribution in [2.24, 2.45) is 9.98 Å². The van der Waals surface area contributed by atoms with Crippen LogP contribution >= 0.6 is 23.4 Å². The van der Waals surface area contributed by atoms with Crippen LogP contribution in [0.15, 0.2) is 57.8 Å². The average molecular weight is 356 g/mol.